The molecule has 2 rings (SSSR count). The van der Waals surface area contributed by atoms with E-state index in [1.54, 1.807) is 6.07 Å². The van der Waals surface area contributed by atoms with Gasteiger partial charge in [0.2, 0.25) is 0 Å². The molecule has 0 bridgehead atoms. The molecule has 2 N–H and O–H groups in total. The molecule has 0 unspecified atom stereocenters. The van der Waals surface area contributed by atoms with Crippen molar-refractivity contribution < 1.29 is 4.39 Å². The van der Waals surface area contributed by atoms with E-state index >= 15 is 0 Å². The lowest BCUT2D eigenvalue weighted by Crippen LogP contribution is -2.26. The second-order valence-electron chi connectivity index (χ2n) is 2.91. The van der Waals surface area contributed by atoms with Gasteiger partial charge in [0.05, 0.1) is 12.2 Å². The van der Waals surface area contributed by atoms with E-state index in [0.29, 0.717) is 0 Å². The van der Waals surface area contributed by atoms with Crippen LogP contribution in [0.3, 0.4) is 0 Å². The first-order valence-electron chi connectivity index (χ1n) is 4.26. The Bertz CT molecular complexity index is 378. The summed E-state index contributed by atoms with van der Waals surface area (Å²) in [4.78, 5) is 4.19. The fraction of sp³-hybridized carbons (Fsp3) is 0.222. The van der Waals surface area contributed by atoms with Crippen LogP contribution in [0.4, 0.5) is 10.1 Å². The van der Waals surface area contributed by atoms with Crippen molar-refractivity contribution in [1.82, 2.24) is 5.32 Å². The highest BCUT2D eigenvalue weighted by molar-refractivity contribution is 14.1. The number of benzene rings is 1. The maximum Gasteiger partial charge on any atom is 0.195 e. The van der Waals surface area contributed by atoms with Crippen molar-refractivity contribution in [3.63, 3.8) is 0 Å². The molecular formula is C9H9FIN3. The molecule has 0 spiro atoms. The van der Waals surface area contributed by atoms with Gasteiger partial charge in [0.1, 0.15) is 5.82 Å². The SMILES string of the molecule is Fc1ccc(NC2=NCCN2)c(I)c1. The minimum absolute atomic E-state index is 0.221. The highest BCUT2D eigenvalue weighted by Gasteiger charge is 2.07. The monoisotopic (exact) mass is 305 g/mol. The van der Waals surface area contributed by atoms with E-state index in [2.05, 4.69) is 38.2 Å². The van der Waals surface area contributed by atoms with E-state index in [1.807, 2.05) is 0 Å². The molecule has 0 fully saturated rings. The first kappa shape index (κ1) is 9.70. The van der Waals surface area contributed by atoms with Crippen molar-refractivity contribution in [3.05, 3.63) is 27.6 Å². The van der Waals surface area contributed by atoms with Crippen molar-refractivity contribution in [2.24, 2.45) is 4.99 Å². The Morgan fingerprint density at radius 1 is 1.50 bits per heavy atom. The van der Waals surface area contributed by atoms with Crippen LogP contribution in [0.15, 0.2) is 23.2 Å². The third kappa shape index (κ3) is 2.14. The Morgan fingerprint density at radius 2 is 2.36 bits per heavy atom. The zero-order valence-corrected chi connectivity index (χ0v) is 9.51. The number of guanidine groups is 1. The maximum atomic E-state index is 12.8. The normalized spacial score (nSPS) is 14.9. The van der Waals surface area contributed by atoms with E-state index in [9.17, 15) is 4.39 Å². The second kappa shape index (κ2) is 4.12. The molecule has 1 aromatic rings. The first-order chi connectivity index (χ1) is 6.75. The number of nitrogens with zero attached hydrogens (tertiary/aromatic N) is 1. The zero-order chi connectivity index (χ0) is 9.97. The number of rotatable bonds is 1. The summed E-state index contributed by atoms with van der Waals surface area (Å²) in [5.41, 5.74) is 0.875. The van der Waals surface area contributed by atoms with Gasteiger partial charge in [-0.3, -0.25) is 4.99 Å². The van der Waals surface area contributed by atoms with Crippen LogP contribution in [-0.4, -0.2) is 19.0 Å². The summed E-state index contributed by atoms with van der Waals surface area (Å²) >= 11 is 2.09. The topological polar surface area (TPSA) is 36.4 Å². The number of aliphatic imine (C=N–C) groups is 1. The minimum Gasteiger partial charge on any atom is -0.354 e. The number of halogens is 2. The molecule has 0 saturated heterocycles. The van der Waals surface area contributed by atoms with Crippen molar-refractivity contribution in [2.75, 3.05) is 18.4 Å². The Balaban J connectivity index is 2.16. The van der Waals surface area contributed by atoms with Gasteiger partial charge >= 0.3 is 0 Å². The van der Waals surface area contributed by atoms with Crippen LogP contribution in [0, 0.1) is 9.39 Å². The largest absolute Gasteiger partial charge is 0.354 e. The van der Waals surface area contributed by atoms with Crippen molar-refractivity contribution >= 4 is 34.2 Å². The van der Waals surface area contributed by atoms with Gasteiger partial charge in [0.15, 0.2) is 5.96 Å². The fourth-order valence-corrected chi connectivity index (χ4v) is 1.81. The summed E-state index contributed by atoms with van der Waals surface area (Å²) in [7, 11) is 0. The van der Waals surface area contributed by atoms with Gasteiger partial charge in [-0.25, -0.2) is 4.39 Å². The number of hydrogen-bond acceptors (Lipinski definition) is 3. The highest BCUT2D eigenvalue weighted by atomic mass is 127. The molecule has 0 aromatic heterocycles. The zero-order valence-electron chi connectivity index (χ0n) is 7.35. The van der Waals surface area contributed by atoms with E-state index in [0.717, 1.165) is 28.3 Å². The van der Waals surface area contributed by atoms with Gasteiger partial charge in [-0.2, -0.15) is 0 Å². The summed E-state index contributed by atoms with van der Waals surface area (Å²) in [5, 5.41) is 6.19. The van der Waals surface area contributed by atoms with E-state index in [4.69, 9.17) is 0 Å². The van der Waals surface area contributed by atoms with Gasteiger partial charge in [-0.15, -0.1) is 0 Å². The molecule has 14 heavy (non-hydrogen) atoms. The van der Waals surface area contributed by atoms with Crippen LogP contribution in [-0.2, 0) is 0 Å². The van der Waals surface area contributed by atoms with Crippen LogP contribution >= 0.6 is 22.6 Å². The predicted octanol–water partition coefficient (Wildman–Crippen LogP) is 1.80. The van der Waals surface area contributed by atoms with E-state index < -0.39 is 0 Å². The fourth-order valence-electron chi connectivity index (χ4n) is 1.20. The second-order valence-corrected chi connectivity index (χ2v) is 4.07. The molecule has 1 heterocycles. The van der Waals surface area contributed by atoms with Crippen molar-refractivity contribution in [2.45, 2.75) is 0 Å². The molecule has 74 valence electrons. The van der Waals surface area contributed by atoms with Crippen LogP contribution < -0.4 is 10.6 Å². The summed E-state index contributed by atoms with van der Waals surface area (Å²) < 4.78 is 13.6. The standard InChI is InChI=1S/C9H9FIN3/c10-6-1-2-8(7(11)5-6)14-9-12-3-4-13-9/h1-2,5H,3-4H2,(H2,12,13,14). The summed E-state index contributed by atoms with van der Waals surface area (Å²) in [6.07, 6.45) is 0. The predicted molar refractivity (Wildman–Crippen MR) is 63.0 cm³/mol. The van der Waals surface area contributed by atoms with Gasteiger partial charge in [0.25, 0.3) is 0 Å². The average Bonchev–Trinajstić information content (AvgIpc) is 2.62. The lowest BCUT2D eigenvalue weighted by Gasteiger charge is -2.08. The molecular weight excluding hydrogens is 296 g/mol. The Hall–Kier alpha value is -0.850. The highest BCUT2D eigenvalue weighted by Crippen LogP contribution is 2.18. The van der Waals surface area contributed by atoms with Crippen LogP contribution in [0.1, 0.15) is 0 Å². The molecule has 0 aliphatic carbocycles. The number of nitrogens with one attached hydrogen (secondary N) is 2. The lowest BCUT2D eigenvalue weighted by molar-refractivity contribution is 0.627. The smallest absolute Gasteiger partial charge is 0.195 e. The first-order valence-corrected chi connectivity index (χ1v) is 5.34. The Labute approximate surface area is 94.9 Å². The molecule has 0 radical (unpaired) electrons. The molecule has 3 nitrogen and oxygen atoms in total. The third-order valence-electron chi connectivity index (χ3n) is 1.86. The summed E-state index contributed by atoms with van der Waals surface area (Å²) in [6.45, 7) is 1.65. The summed E-state index contributed by atoms with van der Waals surface area (Å²) in [5.74, 6) is 0.538. The van der Waals surface area contributed by atoms with Crippen molar-refractivity contribution in [3.8, 4) is 0 Å². The quantitative estimate of drug-likeness (QED) is 0.776. The molecule has 0 atom stereocenters. The van der Waals surface area contributed by atoms with Crippen LogP contribution in [0.2, 0.25) is 0 Å². The maximum absolute atomic E-state index is 12.8. The van der Waals surface area contributed by atoms with Crippen LogP contribution in [0.5, 0.6) is 0 Å². The molecule has 0 amide bonds. The van der Waals surface area contributed by atoms with Crippen molar-refractivity contribution in [1.29, 1.82) is 0 Å². The Morgan fingerprint density at radius 3 is 3.00 bits per heavy atom. The summed E-state index contributed by atoms with van der Waals surface area (Å²) in [6, 6.07) is 4.62. The molecule has 1 aliphatic rings. The minimum atomic E-state index is -0.221. The molecule has 5 heteroatoms. The van der Waals surface area contributed by atoms with E-state index in [-0.39, 0.29) is 5.82 Å². The van der Waals surface area contributed by atoms with Gasteiger partial charge in [-0.05, 0) is 40.8 Å². The number of anilines is 1. The Kier molecular flexibility index (Phi) is 2.85. The van der Waals surface area contributed by atoms with Crippen LogP contribution in [0.25, 0.3) is 0 Å². The third-order valence-corrected chi connectivity index (χ3v) is 2.75. The van der Waals surface area contributed by atoms with Gasteiger partial charge in [-0.1, -0.05) is 0 Å². The van der Waals surface area contributed by atoms with Gasteiger partial charge < -0.3 is 10.6 Å². The van der Waals surface area contributed by atoms with E-state index in [1.165, 1.54) is 12.1 Å². The molecule has 1 aliphatic heterocycles. The molecule has 0 saturated carbocycles. The molecule has 1 aromatic carbocycles. The number of hydrogen-bond donors (Lipinski definition) is 2. The lowest BCUT2D eigenvalue weighted by atomic mass is 10.3. The average molecular weight is 305 g/mol. The van der Waals surface area contributed by atoms with Gasteiger partial charge in [0, 0.05) is 10.1 Å².